The zero-order valence-corrected chi connectivity index (χ0v) is 13.4. The van der Waals surface area contributed by atoms with E-state index in [1.807, 2.05) is 0 Å². The first-order valence-corrected chi connectivity index (χ1v) is 7.67. The van der Waals surface area contributed by atoms with E-state index < -0.39 is 5.91 Å². The standard InChI is InChI=1S/C18H13N3O5/c22-14-8-16-15(24-10-25-16)7-13(14)18(23)21-11-1-3-12(4-2-11)26-17-9-19-5-6-20-17/h1-9,22H,10H2,(H,21,23). The number of amides is 1. The average molecular weight is 351 g/mol. The van der Waals surface area contributed by atoms with Gasteiger partial charge in [0.25, 0.3) is 5.91 Å². The van der Waals surface area contributed by atoms with Crippen molar-refractivity contribution in [3.63, 3.8) is 0 Å². The molecule has 1 aliphatic heterocycles. The van der Waals surface area contributed by atoms with E-state index in [4.69, 9.17) is 14.2 Å². The van der Waals surface area contributed by atoms with Crippen LogP contribution < -0.4 is 19.5 Å². The van der Waals surface area contributed by atoms with Crippen molar-refractivity contribution in [2.24, 2.45) is 0 Å². The summed E-state index contributed by atoms with van der Waals surface area (Å²) in [4.78, 5) is 20.3. The maximum absolute atomic E-state index is 12.4. The summed E-state index contributed by atoms with van der Waals surface area (Å²) < 4.78 is 15.9. The largest absolute Gasteiger partial charge is 0.507 e. The number of benzene rings is 2. The van der Waals surface area contributed by atoms with Crippen molar-refractivity contribution < 1.29 is 24.1 Å². The van der Waals surface area contributed by atoms with E-state index in [1.165, 1.54) is 24.5 Å². The predicted molar refractivity (Wildman–Crippen MR) is 90.7 cm³/mol. The van der Waals surface area contributed by atoms with Gasteiger partial charge in [0, 0.05) is 30.2 Å². The number of ether oxygens (including phenoxy) is 3. The van der Waals surface area contributed by atoms with Gasteiger partial charge in [0.15, 0.2) is 11.5 Å². The smallest absolute Gasteiger partial charge is 0.259 e. The highest BCUT2D eigenvalue weighted by molar-refractivity contribution is 6.06. The number of hydrogen-bond donors (Lipinski definition) is 2. The molecule has 0 saturated carbocycles. The van der Waals surface area contributed by atoms with Crippen LogP contribution >= 0.6 is 0 Å². The third-order valence-electron chi connectivity index (χ3n) is 3.61. The lowest BCUT2D eigenvalue weighted by Crippen LogP contribution is -2.12. The quantitative estimate of drug-likeness (QED) is 0.745. The van der Waals surface area contributed by atoms with Gasteiger partial charge in [-0.15, -0.1) is 0 Å². The summed E-state index contributed by atoms with van der Waals surface area (Å²) in [5, 5.41) is 12.7. The van der Waals surface area contributed by atoms with Crippen molar-refractivity contribution in [1.29, 1.82) is 0 Å². The summed E-state index contributed by atoms with van der Waals surface area (Å²) in [6, 6.07) is 9.52. The molecule has 2 heterocycles. The summed E-state index contributed by atoms with van der Waals surface area (Å²) in [6.07, 6.45) is 4.58. The number of carbonyl (C=O) groups excluding carboxylic acids is 1. The third kappa shape index (κ3) is 3.20. The first-order chi connectivity index (χ1) is 12.7. The lowest BCUT2D eigenvalue weighted by molar-refractivity contribution is 0.102. The van der Waals surface area contributed by atoms with Crippen LogP contribution in [-0.2, 0) is 0 Å². The van der Waals surface area contributed by atoms with Crippen LogP contribution in [0, 0.1) is 0 Å². The molecule has 0 unspecified atom stereocenters. The molecule has 8 heteroatoms. The molecule has 4 rings (SSSR count). The van der Waals surface area contributed by atoms with Gasteiger partial charge in [-0.1, -0.05) is 0 Å². The molecule has 2 N–H and O–H groups in total. The Balaban J connectivity index is 1.46. The first kappa shape index (κ1) is 15.7. The zero-order chi connectivity index (χ0) is 17.9. The molecule has 0 fully saturated rings. The summed E-state index contributed by atoms with van der Waals surface area (Å²) >= 11 is 0. The molecule has 0 spiro atoms. The van der Waals surface area contributed by atoms with E-state index in [0.717, 1.165) is 0 Å². The van der Waals surface area contributed by atoms with E-state index in [9.17, 15) is 9.90 Å². The van der Waals surface area contributed by atoms with Crippen molar-refractivity contribution in [2.75, 3.05) is 12.1 Å². The van der Waals surface area contributed by atoms with Crippen LogP contribution in [0.15, 0.2) is 55.0 Å². The summed E-state index contributed by atoms with van der Waals surface area (Å²) in [6.45, 7) is 0.0626. The molecule has 1 amide bonds. The molecule has 8 nitrogen and oxygen atoms in total. The van der Waals surface area contributed by atoms with E-state index in [2.05, 4.69) is 15.3 Å². The van der Waals surface area contributed by atoms with Crippen LogP contribution in [-0.4, -0.2) is 27.8 Å². The van der Waals surface area contributed by atoms with E-state index in [0.29, 0.717) is 28.8 Å². The minimum absolute atomic E-state index is 0.0626. The summed E-state index contributed by atoms with van der Waals surface area (Å²) in [5.74, 6) is 1.09. The van der Waals surface area contributed by atoms with Gasteiger partial charge in [-0.25, -0.2) is 4.98 Å². The molecule has 0 aliphatic carbocycles. The second-order valence-corrected chi connectivity index (χ2v) is 5.35. The second-order valence-electron chi connectivity index (χ2n) is 5.35. The molecule has 26 heavy (non-hydrogen) atoms. The molecular weight excluding hydrogens is 338 g/mol. The van der Waals surface area contributed by atoms with Gasteiger partial charge in [-0.2, -0.15) is 0 Å². The van der Waals surface area contributed by atoms with Crippen molar-refractivity contribution >= 4 is 11.6 Å². The Hall–Kier alpha value is -3.81. The predicted octanol–water partition coefficient (Wildman–Crippen LogP) is 2.96. The fourth-order valence-electron chi connectivity index (χ4n) is 2.38. The molecule has 130 valence electrons. The fourth-order valence-corrected chi connectivity index (χ4v) is 2.38. The van der Waals surface area contributed by atoms with Gasteiger partial charge in [-0.05, 0) is 24.3 Å². The highest BCUT2D eigenvalue weighted by Crippen LogP contribution is 2.37. The second kappa shape index (κ2) is 6.60. The van der Waals surface area contributed by atoms with Gasteiger partial charge >= 0.3 is 0 Å². The first-order valence-electron chi connectivity index (χ1n) is 7.67. The Kier molecular flexibility index (Phi) is 3.98. The minimum atomic E-state index is -0.469. The number of nitrogens with one attached hydrogen (secondary N) is 1. The molecule has 1 aromatic heterocycles. The number of hydrogen-bond acceptors (Lipinski definition) is 7. The molecular formula is C18H13N3O5. The monoisotopic (exact) mass is 351 g/mol. The summed E-state index contributed by atoms with van der Waals surface area (Å²) in [5.41, 5.74) is 0.632. The average Bonchev–Trinajstić information content (AvgIpc) is 3.10. The van der Waals surface area contributed by atoms with Crippen LogP contribution in [0.1, 0.15) is 10.4 Å². The van der Waals surface area contributed by atoms with Crippen LogP contribution in [0.5, 0.6) is 28.9 Å². The number of nitrogens with zero attached hydrogens (tertiary/aromatic N) is 2. The van der Waals surface area contributed by atoms with Gasteiger partial charge < -0.3 is 24.6 Å². The summed E-state index contributed by atoms with van der Waals surface area (Å²) in [7, 11) is 0. The van der Waals surface area contributed by atoms with E-state index in [-0.39, 0.29) is 18.1 Å². The normalized spacial score (nSPS) is 11.8. The maximum atomic E-state index is 12.4. The molecule has 2 aromatic carbocycles. The Morgan fingerprint density at radius 1 is 1.12 bits per heavy atom. The molecule has 3 aromatic rings. The molecule has 0 radical (unpaired) electrons. The highest BCUT2D eigenvalue weighted by Gasteiger charge is 2.20. The van der Waals surface area contributed by atoms with Crippen molar-refractivity contribution in [2.45, 2.75) is 0 Å². The molecule has 0 bridgehead atoms. The van der Waals surface area contributed by atoms with E-state index in [1.54, 1.807) is 30.5 Å². The van der Waals surface area contributed by atoms with Crippen LogP contribution in [0.2, 0.25) is 0 Å². The van der Waals surface area contributed by atoms with Gasteiger partial charge in [0.2, 0.25) is 12.7 Å². The minimum Gasteiger partial charge on any atom is -0.507 e. The highest BCUT2D eigenvalue weighted by atomic mass is 16.7. The zero-order valence-electron chi connectivity index (χ0n) is 13.4. The Labute approximate surface area is 148 Å². The van der Waals surface area contributed by atoms with Crippen LogP contribution in [0.3, 0.4) is 0 Å². The van der Waals surface area contributed by atoms with E-state index >= 15 is 0 Å². The lowest BCUT2D eigenvalue weighted by atomic mass is 10.1. The number of phenolic OH excluding ortho intramolecular Hbond substituents is 1. The fraction of sp³-hybridized carbons (Fsp3) is 0.0556. The van der Waals surface area contributed by atoms with Crippen molar-refractivity contribution in [1.82, 2.24) is 9.97 Å². The molecule has 0 saturated heterocycles. The Bertz CT molecular complexity index is 945. The number of aromatic nitrogens is 2. The molecule has 1 aliphatic rings. The van der Waals surface area contributed by atoms with Crippen LogP contribution in [0.4, 0.5) is 5.69 Å². The van der Waals surface area contributed by atoms with Gasteiger partial charge in [-0.3, -0.25) is 9.78 Å². The van der Waals surface area contributed by atoms with Crippen molar-refractivity contribution in [3.05, 3.63) is 60.6 Å². The lowest BCUT2D eigenvalue weighted by Gasteiger charge is -2.09. The van der Waals surface area contributed by atoms with Crippen molar-refractivity contribution in [3.8, 4) is 28.9 Å². The maximum Gasteiger partial charge on any atom is 0.259 e. The Morgan fingerprint density at radius 3 is 2.62 bits per heavy atom. The number of fused-ring (bicyclic) bond motifs is 1. The Morgan fingerprint density at radius 2 is 1.88 bits per heavy atom. The number of rotatable bonds is 4. The number of aromatic hydroxyl groups is 1. The van der Waals surface area contributed by atoms with Crippen LogP contribution in [0.25, 0.3) is 0 Å². The molecule has 0 atom stereocenters. The number of carbonyl (C=O) groups is 1. The third-order valence-corrected chi connectivity index (χ3v) is 3.61. The number of anilines is 1. The number of phenols is 1. The van der Waals surface area contributed by atoms with Gasteiger partial charge in [0.05, 0.1) is 11.8 Å². The van der Waals surface area contributed by atoms with Gasteiger partial charge in [0.1, 0.15) is 11.5 Å². The SMILES string of the molecule is O=C(Nc1ccc(Oc2cnccn2)cc1)c1cc2c(cc1O)OCO2. The topological polar surface area (TPSA) is 103 Å².